The first-order chi connectivity index (χ1) is 13.7. The predicted molar refractivity (Wildman–Crippen MR) is 108 cm³/mol. The van der Waals surface area contributed by atoms with Crippen molar-refractivity contribution < 1.29 is 14.3 Å². The first-order valence-electron chi connectivity index (χ1n) is 8.52. The van der Waals surface area contributed by atoms with Crippen LogP contribution >= 0.6 is 11.6 Å². The van der Waals surface area contributed by atoms with Crippen LogP contribution in [0.2, 0.25) is 5.02 Å². The second-order valence-electron chi connectivity index (χ2n) is 5.74. The number of aromatic nitrogens is 2. The van der Waals surface area contributed by atoms with Crippen LogP contribution in [0.1, 0.15) is 5.56 Å². The SMILES string of the molecule is COc1ccccc1OCC(=O)Nc1ccc(NCc2ccccc2Cl)nn1. The molecule has 0 bridgehead atoms. The fourth-order valence-electron chi connectivity index (χ4n) is 2.38. The van der Waals surface area contributed by atoms with E-state index in [4.69, 9.17) is 21.1 Å². The third kappa shape index (κ3) is 5.34. The standard InChI is InChI=1S/C20H19ClN4O3/c1-27-16-8-4-5-9-17(16)28-13-20(26)23-19-11-10-18(24-25-19)22-12-14-6-2-3-7-15(14)21/h2-11H,12-13H2,1H3,(H,22,24)(H,23,25,26). The molecule has 1 amide bonds. The molecule has 0 spiro atoms. The van der Waals surface area contributed by atoms with Crippen molar-refractivity contribution >= 4 is 29.1 Å². The van der Waals surface area contributed by atoms with Crippen LogP contribution in [0.25, 0.3) is 0 Å². The molecule has 0 fully saturated rings. The third-order valence-electron chi connectivity index (χ3n) is 3.78. The minimum Gasteiger partial charge on any atom is -0.493 e. The number of rotatable bonds is 8. The molecule has 0 saturated heterocycles. The van der Waals surface area contributed by atoms with Crippen molar-refractivity contribution in [1.82, 2.24) is 10.2 Å². The average Bonchev–Trinajstić information content (AvgIpc) is 2.73. The topological polar surface area (TPSA) is 85.4 Å². The molecule has 0 aliphatic rings. The van der Waals surface area contributed by atoms with Gasteiger partial charge in [-0.25, -0.2) is 0 Å². The van der Waals surface area contributed by atoms with Crippen LogP contribution in [-0.4, -0.2) is 29.8 Å². The van der Waals surface area contributed by atoms with Crippen molar-refractivity contribution in [2.24, 2.45) is 0 Å². The van der Waals surface area contributed by atoms with Gasteiger partial charge in [-0.1, -0.05) is 41.9 Å². The van der Waals surface area contributed by atoms with Gasteiger partial charge >= 0.3 is 0 Å². The summed E-state index contributed by atoms with van der Waals surface area (Å²) < 4.78 is 10.7. The summed E-state index contributed by atoms with van der Waals surface area (Å²) in [4.78, 5) is 12.0. The van der Waals surface area contributed by atoms with Crippen LogP contribution in [0.3, 0.4) is 0 Å². The molecule has 2 aromatic carbocycles. The molecular weight excluding hydrogens is 380 g/mol. The fraction of sp³-hybridized carbons (Fsp3) is 0.150. The molecule has 0 radical (unpaired) electrons. The largest absolute Gasteiger partial charge is 0.493 e. The quantitative estimate of drug-likeness (QED) is 0.600. The zero-order valence-corrected chi connectivity index (χ0v) is 15.9. The molecule has 0 unspecified atom stereocenters. The Morgan fingerprint density at radius 2 is 1.64 bits per heavy atom. The van der Waals surface area contributed by atoms with Crippen LogP contribution in [-0.2, 0) is 11.3 Å². The number of methoxy groups -OCH3 is 1. The Morgan fingerprint density at radius 3 is 2.36 bits per heavy atom. The summed E-state index contributed by atoms with van der Waals surface area (Å²) in [6.45, 7) is 0.349. The van der Waals surface area contributed by atoms with E-state index in [0.29, 0.717) is 34.7 Å². The van der Waals surface area contributed by atoms with Crippen molar-refractivity contribution in [3.05, 3.63) is 71.2 Å². The van der Waals surface area contributed by atoms with Crippen LogP contribution in [0, 0.1) is 0 Å². The Bertz CT molecular complexity index is 935. The number of anilines is 2. The Balaban J connectivity index is 1.49. The molecule has 1 aromatic heterocycles. The zero-order valence-electron chi connectivity index (χ0n) is 15.2. The highest BCUT2D eigenvalue weighted by Crippen LogP contribution is 2.25. The number of benzene rings is 2. The van der Waals surface area contributed by atoms with Crippen molar-refractivity contribution in [3.8, 4) is 11.5 Å². The molecule has 3 rings (SSSR count). The monoisotopic (exact) mass is 398 g/mol. The van der Waals surface area contributed by atoms with Gasteiger partial charge in [-0.3, -0.25) is 4.79 Å². The summed E-state index contributed by atoms with van der Waals surface area (Å²) >= 11 is 6.12. The van der Waals surface area contributed by atoms with Crippen molar-refractivity contribution in [2.45, 2.75) is 6.54 Å². The fourth-order valence-corrected chi connectivity index (χ4v) is 2.58. The molecule has 0 aliphatic carbocycles. The summed E-state index contributed by atoms with van der Waals surface area (Å²) in [5, 5.41) is 14.5. The number of nitrogens with zero attached hydrogens (tertiary/aromatic N) is 2. The molecule has 7 nitrogen and oxygen atoms in total. The van der Waals surface area contributed by atoms with E-state index in [0.717, 1.165) is 5.56 Å². The van der Waals surface area contributed by atoms with Gasteiger partial charge in [-0.05, 0) is 35.9 Å². The number of ether oxygens (including phenoxy) is 2. The molecule has 8 heteroatoms. The highest BCUT2D eigenvalue weighted by Gasteiger charge is 2.08. The zero-order chi connectivity index (χ0) is 19.8. The first kappa shape index (κ1) is 19.4. The highest BCUT2D eigenvalue weighted by molar-refractivity contribution is 6.31. The van der Waals surface area contributed by atoms with Gasteiger partial charge in [-0.2, -0.15) is 0 Å². The second-order valence-corrected chi connectivity index (χ2v) is 6.14. The minimum absolute atomic E-state index is 0.172. The van der Waals surface area contributed by atoms with Crippen LogP contribution in [0.5, 0.6) is 11.5 Å². The molecule has 3 aromatic rings. The lowest BCUT2D eigenvalue weighted by atomic mass is 10.2. The van der Waals surface area contributed by atoms with Gasteiger partial charge in [0.15, 0.2) is 23.9 Å². The summed E-state index contributed by atoms with van der Waals surface area (Å²) in [5.41, 5.74) is 0.955. The normalized spacial score (nSPS) is 10.2. The van der Waals surface area contributed by atoms with Gasteiger partial charge in [0, 0.05) is 11.6 Å². The molecule has 1 heterocycles. The van der Waals surface area contributed by atoms with Crippen LogP contribution in [0.4, 0.5) is 11.6 Å². The number of halogens is 1. The molecule has 2 N–H and O–H groups in total. The van der Waals surface area contributed by atoms with Crippen LogP contribution in [0.15, 0.2) is 60.7 Å². The molecule has 28 heavy (non-hydrogen) atoms. The summed E-state index contributed by atoms with van der Waals surface area (Å²) in [7, 11) is 1.54. The molecular formula is C20H19ClN4O3. The molecule has 0 atom stereocenters. The van der Waals surface area contributed by atoms with E-state index in [1.54, 1.807) is 37.4 Å². The Morgan fingerprint density at radius 1 is 0.964 bits per heavy atom. The Kier molecular flexibility index (Phi) is 6.64. The van der Waals surface area contributed by atoms with E-state index in [1.807, 2.05) is 30.3 Å². The first-order valence-corrected chi connectivity index (χ1v) is 8.90. The molecule has 144 valence electrons. The van der Waals surface area contributed by atoms with Gasteiger partial charge in [-0.15, -0.1) is 10.2 Å². The lowest BCUT2D eigenvalue weighted by molar-refractivity contribution is -0.118. The van der Waals surface area contributed by atoms with Gasteiger partial charge in [0.1, 0.15) is 5.82 Å². The van der Waals surface area contributed by atoms with Crippen molar-refractivity contribution in [2.75, 3.05) is 24.4 Å². The third-order valence-corrected chi connectivity index (χ3v) is 4.15. The van der Waals surface area contributed by atoms with Crippen LogP contribution < -0.4 is 20.1 Å². The van der Waals surface area contributed by atoms with Gasteiger partial charge < -0.3 is 20.1 Å². The number of hydrogen-bond donors (Lipinski definition) is 2. The predicted octanol–water partition coefficient (Wildman–Crippen LogP) is 3.77. The lowest BCUT2D eigenvalue weighted by Crippen LogP contribution is -2.21. The number of nitrogens with one attached hydrogen (secondary N) is 2. The second kappa shape index (κ2) is 9.57. The maximum absolute atomic E-state index is 12.0. The summed E-state index contributed by atoms with van der Waals surface area (Å²) in [6.07, 6.45) is 0. The number of carbonyl (C=O) groups excluding carboxylic acids is 1. The number of hydrogen-bond acceptors (Lipinski definition) is 6. The molecule has 0 aliphatic heterocycles. The number of amides is 1. The van der Waals surface area contributed by atoms with E-state index < -0.39 is 0 Å². The summed E-state index contributed by atoms with van der Waals surface area (Å²) in [5.74, 6) is 1.60. The highest BCUT2D eigenvalue weighted by atomic mass is 35.5. The van der Waals surface area contributed by atoms with Gasteiger partial charge in [0.05, 0.1) is 7.11 Å². The Hall–Kier alpha value is -3.32. The average molecular weight is 399 g/mol. The van der Waals surface area contributed by atoms with E-state index >= 15 is 0 Å². The van der Waals surface area contributed by atoms with E-state index in [9.17, 15) is 4.79 Å². The molecule has 0 saturated carbocycles. The van der Waals surface area contributed by atoms with Gasteiger partial charge in [0.25, 0.3) is 5.91 Å². The minimum atomic E-state index is -0.350. The Labute approximate surface area is 167 Å². The van der Waals surface area contributed by atoms with Crippen molar-refractivity contribution in [1.29, 1.82) is 0 Å². The summed E-state index contributed by atoms with van der Waals surface area (Å²) in [6, 6.07) is 18.0. The van der Waals surface area contributed by atoms with Gasteiger partial charge in [0.2, 0.25) is 0 Å². The lowest BCUT2D eigenvalue weighted by Gasteiger charge is -2.10. The van der Waals surface area contributed by atoms with E-state index in [1.165, 1.54) is 0 Å². The smallest absolute Gasteiger partial charge is 0.263 e. The maximum atomic E-state index is 12.0. The maximum Gasteiger partial charge on any atom is 0.263 e. The number of para-hydroxylation sites is 2. The van der Waals surface area contributed by atoms with Crippen molar-refractivity contribution in [3.63, 3.8) is 0 Å². The van der Waals surface area contributed by atoms with E-state index in [-0.39, 0.29) is 12.5 Å². The number of carbonyl (C=O) groups is 1. The van der Waals surface area contributed by atoms with E-state index in [2.05, 4.69) is 20.8 Å².